The van der Waals surface area contributed by atoms with Crippen LogP contribution in [0.4, 0.5) is 5.69 Å². The number of nitrogens with two attached hydrogens (primary N) is 1. The number of carbonyl (C=O) groups excluding carboxylic acids is 2. The van der Waals surface area contributed by atoms with Gasteiger partial charge in [-0.3, -0.25) is 9.59 Å². The fourth-order valence-corrected chi connectivity index (χ4v) is 2.79. The second-order valence-corrected chi connectivity index (χ2v) is 6.37. The summed E-state index contributed by atoms with van der Waals surface area (Å²) in [6.45, 7) is 6.07. The minimum atomic E-state index is -0.0502. The quantitative estimate of drug-likeness (QED) is 0.826. The Morgan fingerprint density at radius 1 is 1.14 bits per heavy atom. The maximum atomic E-state index is 12.5. The Morgan fingerprint density at radius 3 is 2.29 bits per heavy atom. The number of nitrogens with zero attached hydrogens (tertiary/aromatic N) is 2. The topological polar surface area (TPSA) is 66.6 Å². The molecule has 1 saturated heterocycles. The third-order valence-electron chi connectivity index (χ3n) is 3.59. The minimum absolute atomic E-state index is 0.00434. The number of piperazine rings is 1. The molecule has 2 rings (SSSR count). The summed E-state index contributed by atoms with van der Waals surface area (Å²) < 4.78 is 0.738. The first-order valence-electron chi connectivity index (χ1n) is 7.03. The lowest BCUT2D eigenvalue weighted by atomic mass is 10.1. The van der Waals surface area contributed by atoms with Crippen molar-refractivity contribution in [2.45, 2.75) is 13.8 Å². The van der Waals surface area contributed by atoms with Crippen LogP contribution in [0.2, 0.25) is 0 Å². The van der Waals surface area contributed by atoms with Crippen molar-refractivity contribution in [1.82, 2.24) is 9.80 Å². The standard InChI is InChI=1S/C15H20BrN3O2/c1-10(2)14(20)18-5-7-19(8-6-18)15(21)12-9-11(17)3-4-13(12)16/h3-4,9-10H,5-8,17H2,1-2H3. The first-order chi connectivity index (χ1) is 9.90. The third kappa shape index (κ3) is 3.56. The summed E-state index contributed by atoms with van der Waals surface area (Å²) >= 11 is 3.38. The smallest absolute Gasteiger partial charge is 0.255 e. The summed E-state index contributed by atoms with van der Waals surface area (Å²) in [7, 11) is 0. The van der Waals surface area contributed by atoms with Crippen LogP contribution in [0.25, 0.3) is 0 Å². The van der Waals surface area contributed by atoms with E-state index in [1.54, 1.807) is 23.1 Å². The molecule has 0 bridgehead atoms. The van der Waals surface area contributed by atoms with Gasteiger partial charge in [0.15, 0.2) is 0 Å². The van der Waals surface area contributed by atoms with E-state index in [-0.39, 0.29) is 17.7 Å². The number of nitrogen functional groups attached to an aromatic ring is 1. The van der Waals surface area contributed by atoms with Crippen LogP contribution in [0.1, 0.15) is 24.2 Å². The van der Waals surface area contributed by atoms with E-state index < -0.39 is 0 Å². The highest BCUT2D eigenvalue weighted by Gasteiger charge is 2.26. The minimum Gasteiger partial charge on any atom is -0.399 e. The lowest BCUT2D eigenvalue weighted by Crippen LogP contribution is -2.51. The van der Waals surface area contributed by atoms with Crippen LogP contribution in [-0.2, 0) is 4.79 Å². The molecule has 0 aliphatic carbocycles. The molecule has 1 aliphatic heterocycles. The molecule has 0 aromatic heterocycles. The first-order valence-corrected chi connectivity index (χ1v) is 7.82. The Kier molecular flexibility index (Phi) is 4.88. The molecule has 1 aromatic rings. The van der Waals surface area contributed by atoms with Crippen molar-refractivity contribution in [2.75, 3.05) is 31.9 Å². The highest BCUT2D eigenvalue weighted by Crippen LogP contribution is 2.22. The van der Waals surface area contributed by atoms with E-state index >= 15 is 0 Å². The van der Waals surface area contributed by atoms with Crippen LogP contribution in [-0.4, -0.2) is 47.8 Å². The van der Waals surface area contributed by atoms with Crippen LogP contribution >= 0.6 is 15.9 Å². The average molecular weight is 354 g/mol. The van der Waals surface area contributed by atoms with Crippen LogP contribution in [0.5, 0.6) is 0 Å². The molecule has 5 nitrogen and oxygen atoms in total. The normalized spacial score (nSPS) is 15.4. The van der Waals surface area contributed by atoms with E-state index in [0.717, 1.165) is 4.47 Å². The third-order valence-corrected chi connectivity index (χ3v) is 4.28. The number of carbonyl (C=O) groups is 2. The zero-order chi connectivity index (χ0) is 15.6. The van der Waals surface area contributed by atoms with E-state index in [1.165, 1.54) is 0 Å². The summed E-state index contributed by atoms with van der Waals surface area (Å²) in [6, 6.07) is 5.21. The Bertz CT molecular complexity index is 552. The molecule has 6 heteroatoms. The van der Waals surface area contributed by atoms with Gasteiger partial charge in [0.1, 0.15) is 0 Å². The molecule has 0 saturated carbocycles. The van der Waals surface area contributed by atoms with Gasteiger partial charge in [0, 0.05) is 42.3 Å². The summed E-state index contributed by atoms with van der Waals surface area (Å²) in [4.78, 5) is 28.1. The summed E-state index contributed by atoms with van der Waals surface area (Å²) in [5.74, 6) is 0.0911. The first kappa shape index (κ1) is 15.8. The Morgan fingerprint density at radius 2 is 1.71 bits per heavy atom. The fraction of sp³-hybridized carbons (Fsp3) is 0.467. The van der Waals surface area contributed by atoms with Crippen molar-refractivity contribution in [3.63, 3.8) is 0 Å². The van der Waals surface area contributed by atoms with E-state index in [2.05, 4.69) is 15.9 Å². The number of halogens is 1. The summed E-state index contributed by atoms with van der Waals surface area (Å²) in [5.41, 5.74) is 6.88. The molecule has 0 unspecified atom stereocenters. The van der Waals surface area contributed by atoms with Gasteiger partial charge in [-0.05, 0) is 34.1 Å². The predicted molar refractivity (Wildman–Crippen MR) is 85.9 cm³/mol. The molecule has 1 heterocycles. The molecule has 2 amide bonds. The number of hydrogen-bond donors (Lipinski definition) is 1. The van der Waals surface area contributed by atoms with Crippen molar-refractivity contribution >= 4 is 33.4 Å². The van der Waals surface area contributed by atoms with Gasteiger partial charge in [-0.1, -0.05) is 13.8 Å². The Hall–Kier alpha value is -1.56. The molecule has 114 valence electrons. The molecular weight excluding hydrogens is 334 g/mol. The average Bonchev–Trinajstić information content (AvgIpc) is 2.48. The second-order valence-electron chi connectivity index (χ2n) is 5.51. The highest BCUT2D eigenvalue weighted by atomic mass is 79.9. The van der Waals surface area contributed by atoms with E-state index in [9.17, 15) is 9.59 Å². The van der Waals surface area contributed by atoms with Crippen molar-refractivity contribution in [3.8, 4) is 0 Å². The molecule has 2 N–H and O–H groups in total. The summed E-state index contributed by atoms with van der Waals surface area (Å²) in [6.07, 6.45) is 0. The second kappa shape index (κ2) is 6.47. The Balaban J connectivity index is 2.03. The van der Waals surface area contributed by atoms with Crippen LogP contribution in [0.3, 0.4) is 0 Å². The zero-order valence-electron chi connectivity index (χ0n) is 12.3. The Labute approximate surface area is 133 Å². The van der Waals surface area contributed by atoms with Crippen LogP contribution in [0, 0.1) is 5.92 Å². The lowest BCUT2D eigenvalue weighted by Gasteiger charge is -2.35. The monoisotopic (exact) mass is 353 g/mol. The number of amides is 2. The van der Waals surface area contributed by atoms with Gasteiger partial charge in [0.2, 0.25) is 5.91 Å². The van der Waals surface area contributed by atoms with E-state index in [0.29, 0.717) is 37.4 Å². The van der Waals surface area contributed by atoms with E-state index in [1.807, 2.05) is 18.7 Å². The van der Waals surface area contributed by atoms with Crippen molar-refractivity contribution < 1.29 is 9.59 Å². The summed E-state index contributed by atoms with van der Waals surface area (Å²) in [5, 5.41) is 0. The molecule has 1 aromatic carbocycles. The van der Waals surface area contributed by atoms with Gasteiger partial charge in [0.25, 0.3) is 5.91 Å². The number of benzene rings is 1. The lowest BCUT2D eigenvalue weighted by molar-refractivity contribution is -0.135. The molecule has 0 atom stereocenters. The van der Waals surface area contributed by atoms with Crippen molar-refractivity contribution in [2.24, 2.45) is 5.92 Å². The van der Waals surface area contributed by atoms with Crippen LogP contribution < -0.4 is 5.73 Å². The van der Waals surface area contributed by atoms with Gasteiger partial charge in [0.05, 0.1) is 5.56 Å². The molecule has 0 spiro atoms. The zero-order valence-corrected chi connectivity index (χ0v) is 13.9. The van der Waals surface area contributed by atoms with Gasteiger partial charge in [-0.2, -0.15) is 0 Å². The molecule has 1 aliphatic rings. The van der Waals surface area contributed by atoms with Crippen LogP contribution in [0.15, 0.2) is 22.7 Å². The number of rotatable bonds is 2. The highest BCUT2D eigenvalue weighted by molar-refractivity contribution is 9.10. The van der Waals surface area contributed by atoms with Gasteiger partial charge in [-0.25, -0.2) is 0 Å². The maximum absolute atomic E-state index is 12.5. The molecule has 0 radical (unpaired) electrons. The number of hydrogen-bond acceptors (Lipinski definition) is 3. The van der Waals surface area contributed by atoms with Gasteiger partial charge in [-0.15, -0.1) is 0 Å². The molecular formula is C15H20BrN3O2. The number of anilines is 1. The van der Waals surface area contributed by atoms with Crippen molar-refractivity contribution in [3.05, 3.63) is 28.2 Å². The largest absolute Gasteiger partial charge is 0.399 e. The molecule has 21 heavy (non-hydrogen) atoms. The van der Waals surface area contributed by atoms with E-state index in [4.69, 9.17) is 5.73 Å². The van der Waals surface area contributed by atoms with Crippen molar-refractivity contribution in [1.29, 1.82) is 0 Å². The maximum Gasteiger partial charge on any atom is 0.255 e. The molecule has 1 fully saturated rings. The van der Waals surface area contributed by atoms with Gasteiger partial charge >= 0.3 is 0 Å². The predicted octanol–water partition coefficient (Wildman–Crippen LogP) is 1.97. The fourth-order valence-electron chi connectivity index (χ4n) is 2.37. The van der Waals surface area contributed by atoms with Gasteiger partial charge < -0.3 is 15.5 Å². The SMILES string of the molecule is CC(C)C(=O)N1CCN(C(=O)c2cc(N)ccc2Br)CC1.